The molecular formula is C16H15ClO3. The molecule has 4 heteroatoms. The topological polar surface area (TPSA) is 46.5 Å². The van der Waals surface area contributed by atoms with E-state index in [-0.39, 0.29) is 6.61 Å². The molecule has 1 unspecified atom stereocenters. The first-order valence-electron chi connectivity index (χ1n) is 6.18. The molecule has 20 heavy (non-hydrogen) atoms. The number of halogens is 1. The Morgan fingerprint density at radius 3 is 2.60 bits per heavy atom. The van der Waals surface area contributed by atoms with E-state index < -0.39 is 5.60 Å². The van der Waals surface area contributed by atoms with Gasteiger partial charge in [0.05, 0.1) is 5.56 Å². The van der Waals surface area contributed by atoms with Crippen molar-refractivity contribution in [1.29, 1.82) is 0 Å². The van der Waals surface area contributed by atoms with Crippen molar-refractivity contribution in [2.75, 3.05) is 6.61 Å². The van der Waals surface area contributed by atoms with E-state index >= 15 is 0 Å². The lowest BCUT2D eigenvalue weighted by atomic mass is 9.97. The van der Waals surface area contributed by atoms with Crippen LogP contribution >= 0.6 is 11.6 Å². The molecule has 0 radical (unpaired) electrons. The Balaban J connectivity index is 2.14. The lowest BCUT2D eigenvalue weighted by molar-refractivity contribution is 0.00739. The monoisotopic (exact) mass is 290 g/mol. The normalized spacial score (nSPS) is 13.6. The smallest absolute Gasteiger partial charge is 0.153 e. The quantitative estimate of drug-likeness (QED) is 0.858. The van der Waals surface area contributed by atoms with Crippen LogP contribution < -0.4 is 4.74 Å². The molecule has 0 spiro atoms. The molecule has 0 saturated heterocycles. The largest absolute Gasteiger partial charge is 0.489 e. The molecule has 1 N–H and O–H groups in total. The lowest BCUT2D eigenvalue weighted by Gasteiger charge is -2.24. The molecule has 0 saturated carbocycles. The number of ether oxygens (including phenoxy) is 1. The van der Waals surface area contributed by atoms with Gasteiger partial charge in [0.2, 0.25) is 0 Å². The summed E-state index contributed by atoms with van der Waals surface area (Å²) in [5.74, 6) is 0.403. The zero-order chi connectivity index (χ0) is 14.6. The molecule has 2 aromatic rings. The summed E-state index contributed by atoms with van der Waals surface area (Å²) >= 11 is 5.82. The van der Waals surface area contributed by atoms with E-state index in [0.717, 1.165) is 5.56 Å². The van der Waals surface area contributed by atoms with Gasteiger partial charge in [-0.15, -0.1) is 0 Å². The van der Waals surface area contributed by atoms with Crippen molar-refractivity contribution in [2.45, 2.75) is 12.5 Å². The highest BCUT2D eigenvalue weighted by molar-refractivity contribution is 6.30. The Bertz CT molecular complexity index is 594. The fraction of sp³-hybridized carbons (Fsp3) is 0.188. The predicted octanol–water partition coefficient (Wildman–Crippen LogP) is 3.44. The second kappa shape index (κ2) is 6.07. The molecule has 0 aromatic heterocycles. The maximum Gasteiger partial charge on any atom is 0.153 e. The molecule has 2 rings (SSSR count). The number of hydrogen-bond donors (Lipinski definition) is 1. The summed E-state index contributed by atoms with van der Waals surface area (Å²) in [5.41, 5.74) is -0.0240. The SMILES string of the molecule is CC(O)(COc1ccc(Cl)cc1C=O)c1ccccc1. The highest BCUT2D eigenvalue weighted by Gasteiger charge is 2.24. The fourth-order valence-corrected chi connectivity index (χ4v) is 2.02. The summed E-state index contributed by atoms with van der Waals surface area (Å²) in [6.45, 7) is 1.71. The number of carbonyl (C=O) groups excluding carboxylic acids is 1. The van der Waals surface area contributed by atoms with Crippen molar-refractivity contribution >= 4 is 17.9 Å². The van der Waals surface area contributed by atoms with Crippen molar-refractivity contribution in [3.63, 3.8) is 0 Å². The number of hydrogen-bond acceptors (Lipinski definition) is 3. The van der Waals surface area contributed by atoms with Crippen LogP contribution in [0.15, 0.2) is 48.5 Å². The molecular weight excluding hydrogens is 276 g/mol. The third-order valence-corrected chi connectivity index (χ3v) is 3.24. The summed E-state index contributed by atoms with van der Waals surface area (Å²) < 4.78 is 5.56. The van der Waals surface area contributed by atoms with E-state index in [1.54, 1.807) is 19.1 Å². The maximum absolute atomic E-state index is 11.0. The summed E-state index contributed by atoms with van der Waals surface area (Å²) in [6, 6.07) is 14.0. The van der Waals surface area contributed by atoms with Gasteiger partial charge in [-0.25, -0.2) is 0 Å². The number of rotatable bonds is 5. The van der Waals surface area contributed by atoms with Crippen LogP contribution in [0.3, 0.4) is 0 Å². The molecule has 104 valence electrons. The zero-order valence-corrected chi connectivity index (χ0v) is 11.8. The first-order chi connectivity index (χ1) is 9.53. The molecule has 0 amide bonds. The molecule has 0 aliphatic rings. The minimum Gasteiger partial charge on any atom is -0.489 e. The van der Waals surface area contributed by atoms with Gasteiger partial charge in [-0.3, -0.25) is 4.79 Å². The van der Waals surface area contributed by atoms with E-state index in [2.05, 4.69) is 0 Å². The second-order valence-electron chi connectivity index (χ2n) is 4.73. The highest BCUT2D eigenvalue weighted by Crippen LogP contribution is 2.25. The van der Waals surface area contributed by atoms with Crippen LogP contribution in [0.2, 0.25) is 5.02 Å². The van der Waals surface area contributed by atoms with Crippen LogP contribution in [0.4, 0.5) is 0 Å². The van der Waals surface area contributed by atoms with Gasteiger partial charge in [0, 0.05) is 5.02 Å². The van der Waals surface area contributed by atoms with Crippen molar-refractivity contribution < 1.29 is 14.6 Å². The highest BCUT2D eigenvalue weighted by atomic mass is 35.5. The van der Waals surface area contributed by atoms with Crippen molar-refractivity contribution in [2.24, 2.45) is 0 Å². The molecule has 0 heterocycles. The van der Waals surface area contributed by atoms with E-state index in [1.807, 2.05) is 30.3 Å². The molecule has 1 atom stereocenters. The van der Waals surface area contributed by atoms with Crippen molar-refractivity contribution in [3.8, 4) is 5.75 Å². The van der Waals surface area contributed by atoms with Crippen LogP contribution in [-0.4, -0.2) is 18.0 Å². The Morgan fingerprint density at radius 1 is 1.25 bits per heavy atom. The van der Waals surface area contributed by atoms with Gasteiger partial charge in [0.15, 0.2) is 6.29 Å². The summed E-state index contributed by atoms with van der Waals surface area (Å²) in [5, 5.41) is 10.9. The summed E-state index contributed by atoms with van der Waals surface area (Å²) in [6.07, 6.45) is 0.679. The standard InChI is InChI=1S/C16H15ClO3/c1-16(19,13-5-3-2-4-6-13)11-20-15-8-7-14(17)9-12(15)10-18/h2-10,19H,11H2,1H3. The predicted molar refractivity (Wildman–Crippen MR) is 78.3 cm³/mol. The Morgan fingerprint density at radius 2 is 1.95 bits per heavy atom. The Labute approximate surface area is 122 Å². The number of aldehydes is 1. The van der Waals surface area contributed by atoms with Gasteiger partial charge >= 0.3 is 0 Å². The van der Waals surface area contributed by atoms with Gasteiger partial charge in [0.1, 0.15) is 18.0 Å². The van der Waals surface area contributed by atoms with E-state index in [9.17, 15) is 9.90 Å². The molecule has 0 aliphatic carbocycles. The number of aliphatic hydroxyl groups is 1. The Hall–Kier alpha value is -1.84. The van der Waals surface area contributed by atoms with E-state index in [1.165, 1.54) is 6.07 Å². The van der Waals surface area contributed by atoms with E-state index in [0.29, 0.717) is 22.6 Å². The third-order valence-electron chi connectivity index (χ3n) is 3.00. The molecule has 2 aromatic carbocycles. The van der Waals surface area contributed by atoms with Gasteiger partial charge in [-0.1, -0.05) is 41.9 Å². The second-order valence-corrected chi connectivity index (χ2v) is 5.16. The Kier molecular flexibility index (Phi) is 4.42. The number of benzene rings is 2. The third kappa shape index (κ3) is 3.38. The zero-order valence-electron chi connectivity index (χ0n) is 11.0. The average molecular weight is 291 g/mol. The molecule has 0 aliphatic heterocycles. The van der Waals surface area contributed by atoms with Crippen LogP contribution in [0.5, 0.6) is 5.75 Å². The van der Waals surface area contributed by atoms with Gasteiger partial charge in [0.25, 0.3) is 0 Å². The summed E-state index contributed by atoms with van der Waals surface area (Å²) in [4.78, 5) is 11.0. The fourth-order valence-electron chi connectivity index (χ4n) is 1.84. The first kappa shape index (κ1) is 14.6. The molecule has 0 fully saturated rings. The van der Waals surface area contributed by atoms with Gasteiger partial charge in [-0.2, -0.15) is 0 Å². The van der Waals surface area contributed by atoms with Crippen LogP contribution in [0, 0.1) is 0 Å². The molecule has 0 bridgehead atoms. The molecule has 3 nitrogen and oxygen atoms in total. The van der Waals surface area contributed by atoms with Crippen LogP contribution in [0.25, 0.3) is 0 Å². The van der Waals surface area contributed by atoms with Crippen molar-refractivity contribution in [3.05, 3.63) is 64.7 Å². The maximum atomic E-state index is 11.0. The first-order valence-corrected chi connectivity index (χ1v) is 6.56. The average Bonchev–Trinajstić information content (AvgIpc) is 2.46. The minimum atomic E-state index is -1.14. The van der Waals surface area contributed by atoms with Crippen molar-refractivity contribution in [1.82, 2.24) is 0 Å². The van der Waals surface area contributed by atoms with Gasteiger partial charge < -0.3 is 9.84 Å². The number of carbonyl (C=O) groups is 1. The van der Waals surface area contributed by atoms with E-state index in [4.69, 9.17) is 16.3 Å². The minimum absolute atomic E-state index is 0.0412. The van der Waals surface area contributed by atoms with Crippen LogP contribution in [0.1, 0.15) is 22.8 Å². The lowest BCUT2D eigenvalue weighted by Crippen LogP contribution is -2.29. The van der Waals surface area contributed by atoms with Crippen LogP contribution in [-0.2, 0) is 5.60 Å². The van der Waals surface area contributed by atoms with Gasteiger partial charge in [-0.05, 0) is 30.7 Å². The summed E-state index contributed by atoms with van der Waals surface area (Å²) in [7, 11) is 0.